The highest BCUT2D eigenvalue weighted by Gasteiger charge is 2.55. The van der Waals surface area contributed by atoms with E-state index in [9.17, 15) is 14.4 Å². The number of amides is 3. The lowest BCUT2D eigenvalue weighted by atomic mass is 9.89. The average molecular weight is 474 g/mol. The van der Waals surface area contributed by atoms with Gasteiger partial charge in [-0.3, -0.25) is 9.59 Å². The minimum atomic E-state index is -1.31. The number of para-hydroxylation sites is 1. The Labute approximate surface area is 203 Å². The van der Waals surface area contributed by atoms with E-state index in [1.807, 2.05) is 78.9 Å². The molecule has 3 atom stereocenters. The smallest absolute Gasteiger partial charge is 0.408 e. The normalized spacial score (nSPS) is 19.5. The Morgan fingerprint density at radius 2 is 1.49 bits per heavy atom. The van der Waals surface area contributed by atoms with Gasteiger partial charge in [0, 0.05) is 6.42 Å². The van der Waals surface area contributed by atoms with Gasteiger partial charge in [0.2, 0.25) is 12.1 Å². The van der Waals surface area contributed by atoms with Crippen LogP contribution in [0.3, 0.4) is 0 Å². The number of ether oxygens (including phenoxy) is 2. The third kappa shape index (κ3) is 5.97. The number of carbonyl (C=O) groups excluding carboxylic acids is 3. The maximum Gasteiger partial charge on any atom is 0.408 e. The van der Waals surface area contributed by atoms with Crippen molar-refractivity contribution >= 4 is 17.9 Å². The van der Waals surface area contributed by atoms with E-state index >= 15 is 0 Å². The Morgan fingerprint density at radius 3 is 2.09 bits per heavy atom. The van der Waals surface area contributed by atoms with Gasteiger partial charge in [-0.15, -0.1) is 0 Å². The van der Waals surface area contributed by atoms with E-state index in [1.165, 1.54) is 0 Å². The molecule has 1 heterocycles. The van der Waals surface area contributed by atoms with Crippen LogP contribution in [0.5, 0.6) is 5.75 Å². The lowest BCUT2D eigenvalue weighted by Crippen LogP contribution is -2.80. The molecule has 1 aliphatic rings. The molecule has 0 bridgehead atoms. The number of rotatable bonds is 9. The number of carbonyl (C=O) groups is 3. The van der Waals surface area contributed by atoms with E-state index in [1.54, 1.807) is 19.1 Å². The Balaban J connectivity index is 1.44. The van der Waals surface area contributed by atoms with Gasteiger partial charge in [-0.2, -0.15) is 0 Å². The van der Waals surface area contributed by atoms with E-state index in [4.69, 9.17) is 9.47 Å². The van der Waals surface area contributed by atoms with Crippen molar-refractivity contribution in [2.45, 2.75) is 37.8 Å². The molecule has 1 unspecified atom stereocenters. The molecule has 0 spiro atoms. The Kier molecular flexibility index (Phi) is 7.30. The largest absolute Gasteiger partial charge is 0.468 e. The van der Waals surface area contributed by atoms with Crippen LogP contribution in [-0.4, -0.2) is 35.7 Å². The summed E-state index contributed by atoms with van der Waals surface area (Å²) in [7, 11) is 0. The monoisotopic (exact) mass is 473 g/mol. The summed E-state index contributed by atoms with van der Waals surface area (Å²) < 4.78 is 11.1. The van der Waals surface area contributed by atoms with Crippen molar-refractivity contribution in [3.05, 3.63) is 102 Å². The van der Waals surface area contributed by atoms with Crippen molar-refractivity contribution in [2.75, 3.05) is 0 Å². The summed E-state index contributed by atoms with van der Waals surface area (Å²) in [6.07, 6.45) is -1.27. The molecule has 180 valence electrons. The zero-order valence-electron chi connectivity index (χ0n) is 19.3. The van der Waals surface area contributed by atoms with Crippen LogP contribution < -0.4 is 20.7 Å². The highest BCUT2D eigenvalue weighted by atomic mass is 16.5. The Morgan fingerprint density at radius 1 is 0.914 bits per heavy atom. The van der Waals surface area contributed by atoms with Crippen LogP contribution >= 0.6 is 0 Å². The first-order valence-corrected chi connectivity index (χ1v) is 11.3. The molecule has 0 saturated carbocycles. The van der Waals surface area contributed by atoms with E-state index in [2.05, 4.69) is 16.0 Å². The molecule has 0 aromatic heterocycles. The van der Waals surface area contributed by atoms with Crippen molar-refractivity contribution in [1.29, 1.82) is 0 Å². The molecule has 3 aromatic rings. The molecular formula is C27H27N3O5. The fraction of sp³-hybridized carbons (Fsp3) is 0.222. The van der Waals surface area contributed by atoms with E-state index in [0.29, 0.717) is 5.75 Å². The molecule has 1 fully saturated rings. The second kappa shape index (κ2) is 10.7. The van der Waals surface area contributed by atoms with Crippen molar-refractivity contribution in [2.24, 2.45) is 0 Å². The molecule has 3 N–H and O–H groups in total. The van der Waals surface area contributed by atoms with Gasteiger partial charge in [0.1, 0.15) is 18.4 Å². The van der Waals surface area contributed by atoms with Gasteiger partial charge < -0.3 is 25.4 Å². The number of nitrogens with one attached hydrogen (secondary N) is 3. The average Bonchev–Trinajstić information content (AvgIpc) is 2.88. The first-order valence-electron chi connectivity index (χ1n) is 11.3. The molecule has 8 nitrogen and oxygen atoms in total. The molecule has 35 heavy (non-hydrogen) atoms. The summed E-state index contributed by atoms with van der Waals surface area (Å²) in [6, 6.07) is 26.5. The quantitative estimate of drug-likeness (QED) is 0.415. The maximum absolute atomic E-state index is 13.3. The number of hydrogen-bond donors (Lipinski definition) is 3. The van der Waals surface area contributed by atoms with Crippen molar-refractivity contribution in [3.63, 3.8) is 0 Å². The van der Waals surface area contributed by atoms with Gasteiger partial charge in [0.15, 0.2) is 5.54 Å². The Bertz CT molecular complexity index is 1160. The summed E-state index contributed by atoms with van der Waals surface area (Å²) in [4.78, 5) is 38.2. The second-order valence-corrected chi connectivity index (χ2v) is 8.42. The van der Waals surface area contributed by atoms with Gasteiger partial charge in [0.25, 0.3) is 5.91 Å². The lowest BCUT2D eigenvalue weighted by molar-refractivity contribution is -0.153. The van der Waals surface area contributed by atoms with Gasteiger partial charge in [0.05, 0.1) is 0 Å². The minimum absolute atomic E-state index is 0.0689. The molecule has 1 saturated heterocycles. The fourth-order valence-electron chi connectivity index (χ4n) is 3.67. The summed E-state index contributed by atoms with van der Waals surface area (Å²) in [5.41, 5.74) is 0.361. The van der Waals surface area contributed by atoms with E-state index in [0.717, 1.165) is 11.1 Å². The van der Waals surface area contributed by atoms with Gasteiger partial charge in [-0.1, -0.05) is 78.9 Å². The van der Waals surface area contributed by atoms with Crippen LogP contribution in [0, 0.1) is 0 Å². The van der Waals surface area contributed by atoms with E-state index in [-0.39, 0.29) is 18.9 Å². The maximum atomic E-state index is 13.3. The molecule has 3 amide bonds. The summed E-state index contributed by atoms with van der Waals surface area (Å²) in [5.74, 6) is -0.345. The SMILES string of the molecule is C[C@@]1(NC(=O)C(Cc2ccccc2)NC(=O)OCc2ccccc2)C(=O)N[C@@H]1Oc1ccccc1. The van der Waals surface area contributed by atoms with Gasteiger partial charge in [-0.05, 0) is 30.2 Å². The summed E-state index contributed by atoms with van der Waals surface area (Å²) >= 11 is 0. The third-order valence-corrected chi connectivity index (χ3v) is 5.74. The number of β-lactam (4-membered cyclic amide) rings is 1. The predicted octanol–water partition coefficient (Wildman–Crippen LogP) is 2.93. The standard InChI is InChI=1S/C27H27N3O5/c1-27(24(32)29-25(27)35-21-15-9-4-10-16-21)30-23(31)22(17-19-11-5-2-6-12-19)28-26(33)34-18-20-13-7-3-8-14-20/h2-16,22,25H,17-18H2,1H3,(H,28,33)(H,29,32)(H,30,31)/t22?,25-,27-/m1/s1. The molecule has 0 radical (unpaired) electrons. The number of benzene rings is 3. The molecule has 8 heteroatoms. The zero-order chi connectivity index (χ0) is 24.7. The summed E-state index contributed by atoms with van der Waals surface area (Å²) in [6.45, 7) is 1.66. The molecule has 4 rings (SSSR count). The second-order valence-electron chi connectivity index (χ2n) is 8.42. The topological polar surface area (TPSA) is 106 Å². The minimum Gasteiger partial charge on any atom is -0.468 e. The van der Waals surface area contributed by atoms with Crippen molar-refractivity contribution in [1.82, 2.24) is 16.0 Å². The molecule has 1 aliphatic heterocycles. The third-order valence-electron chi connectivity index (χ3n) is 5.74. The Hall–Kier alpha value is -4.33. The number of alkyl carbamates (subject to hydrolysis) is 1. The van der Waals surface area contributed by atoms with Crippen LogP contribution in [0.2, 0.25) is 0 Å². The first kappa shape index (κ1) is 23.8. The zero-order valence-corrected chi connectivity index (χ0v) is 19.3. The molecule has 3 aromatic carbocycles. The van der Waals surface area contributed by atoms with Crippen LogP contribution in [-0.2, 0) is 27.4 Å². The lowest BCUT2D eigenvalue weighted by Gasteiger charge is -2.46. The highest BCUT2D eigenvalue weighted by molar-refractivity contribution is 5.98. The van der Waals surface area contributed by atoms with Gasteiger partial charge in [-0.25, -0.2) is 4.79 Å². The van der Waals surface area contributed by atoms with Crippen LogP contribution in [0.25, 0.3) is 0 Å². The molecular weight excluding hydrogens is 446 g/mol. The van der Waals surface area contributed by atoms with Gasteiger partial charge >= 0.3 is 6.09 Å². The number of hydrogen-bond acceptors (Lipinski definition) is 5. The van der Waals surface area contributed by atoms with Crippen LogP contribution in [0.1, 0.15) is 18.1 Å². The van der Waals surface area contributed by atoms with Crippen molar-refractivity contribution in [3.8, 4) is 5.75 Å². The van der Waals surface area contributed by atoms with Crippen LogP contribution in [0.4, 0.5) is 4.79 Å². The van der Waals surface area contributed by atoms with Crippen molar-refractivity contribution < 1.29 is 23.9 Å². The molecule has 0 aliphatic carbocycles. The first-order chi connectivity index (χ1) is 16.9. The highest BCUT2D eigenvalue weighted by Crippen LogP contribution is 2.24. The summed E-state index contributed by atoms with van der Waals surface area (Å²) in [5, 5.41) is 8.07. The predicted molar refractivity (Wildman–Crippen MR) is 129 cm³/mol. The fourth-order valence-corrected chi connectivity index (χ4v) is 3.67. The van der Waals surface area contributed by atoms with E-state index < -0.39 is 29.8 Å². The van der Waals surface area contributed by atoms with Crippen LogP contribution in [0.15, 0.2) is 91.0 Å².